The highest BCUT2D eigenvalue weighted by molar-refractivity contribution is 5.39. The molecule has 1 unspecified atom stereocenters. The van der Waals surface area contributed by atoms with E-state index in [1.54, 1.807) is 6.33 Å². The number of aliphatic hydroxyl groups is 1. The summed E-state index contributed by atoms with van der Waals surface area (Å²) in [6.45, 7) is 5.36. The van der Waals surface area contributed by atoms with Gasteiger partial charge in [0.2, 0.25) is 0 Å². The summed E-state index contributed by atoms with van der Waals surface area (Å²) in [4.78, 5) is 10.8. The lowest BCUT2D eigenvalue weighted by Gasteiger charge is -2.22. The minimum Gasteiger partial charge on any atom is -0.395 e. The van der Waals surface area contributed by atoms with Crippen LogP contribution in [0.25, 0.3) is 0 Å². The lowest BCUT2D eigenvalue weighted by Crippen LogP contribution is -2.28. The summed E-state index contributed by atoms with van der Waals surface area (Å²) in [5.41, 5.74) is 1.05. The molecule has 0 spiro atoms. The van der Waals surface area contributed by atoms with E-state index < -0.39 is 0 Å². The lowest BCUT2D eigenvalue weighted by molar-refractivity contribution is 0.193. The molecule has 0 amide bonds. The van der Waals surface area contributed by atoms with Gasteiger partial charge in [-0.05, 0) is 12.8 Å². The second kappa shape index (κ2) is 6.66. The molecule has 1 N–H and O–H groups in total. The molecule has 5 heteroatoms. The van der Waals surface area contributed by atoms with Crippen molar-refractivity contribution in [2.75, 3.05) is 37.8 Å². The highest BCUT2D eigenvalue weighted by Gasteiger charge is 2.20. The van der Waals surface area contributed by atoms with Crippen molar-refractivity contribution in [2.24, 2.45) is 0 Å². The zero-order valence-electron chi connectivity index (χ0n) is 10.9. The topological polar surface area (TPSA) is 58.5 Å². The maximum Gasteiger partial charge on any atom is 0.132 e. The fourth-order valence-electron chi connectivity index (χ4n) is 2.26. The Balaban J connectivity index is 2.13. The van der Waals surface area contributed by atoms with Crippen molar-refractivity contribution in [3.63, 3.8) is 0 Å². The van der Waals surface area contributed by atoms with Crippen LogP contribution in [0, 0.1) is 0 Å². The summed E-state index contributed by atoms with van der Waals surface area (Å²) < 4.78 is 5.39. The number of hydrogen-bond donors (Lipinski definition) is 1. The molecule has 1 fully saturated rings. The van der Waals surface area contributed by atoms with Gasteiger partial charge < -0.3 is 14.7 Å². The molecule has 1 aromatic rings. The molecule has 2 heterocycles. The van der Waals surface area contributed by atoms with Gasteiger partial charge in [0, 0.05) is 31.7 Å². The van der Waals surface area contributed by atoms with E-state index in [0.29, 0.717) is 12.5 Å². The molecule has 0 aliphatic carbocycles. The Bertz CT molecular complexity index is 361. The van der Waals surface area contributed by atoms with Gasteiger partial charge in [0.05, 0.1) is 18.9 Å². The van der Waals surface area contributed by atoms with Crippen LogP contribution < -0.4 is 4.90 Å². The van der Waals surface area contributed by atoms with E-state index in [-0.39, 0.29) is 6.61 Å². The van der Waals surface area contributed by atoms with Crippen LogP contribution >= 0.6 is 0 Å². The molecule has 0 saturated carbocycles. The molecule has 100 valence electrons. The summed E-state index contributed by atoms with van der Waals surface area (Å²) >= 11 is 0. The van der Waals surface area contributed by atoms with Crippen molar-refractivity contribution in [1.82, 2.24) is 9.97 Å². The minimum atomic E-state index is 0.145. The first-order valence-electron chi connectivity index (χ1n) is 6.60. The number of anilines is 1. The van der Waals surface area contributed by atoms with Crippen LogP contribution in [0.2, 0.25) is 0 Å². The molecule has 1 saturated heterocycles. The highest BCUT2D eigenvalue weighted by Crippen LogP contribution is 2.25. The Kier molecular flexibility index (Phi) is 4.90. The molecule has 1 atom stereocenters. The average Bonchev–Trinajstić information content (AvgIpc) is 2.93. The van der Waals surface area contributed by atoms with Gasteiger partial charge in [-0.25, -0.2) is 9.97 Å². The van der Waals surface area contributed by atoms with Crippen molar-refractivity contribution in [3.8, 4) is 0 Å². The van der Waals surface area contributed by atoms with E-state index in [0.717, 1.165) is 44.1 Å². The molecule has 0 bridgehead atoms. The van der Waals surface area contributed by atoms with Gasteiger partial charge in [-0.1, -0.05) is 6.92 Å². The van der Waals surface area contributed by atoms with Crippen molar-refractivity contribution in [2.45, 2.75) is 25.7 Å². The summed E-state index contributed by atoms with van der Waals surface area (Å²) in [6.07, 6.45) is 3.68. The smallest absolute Gasteiger partial charge is 0.132 e. The standard InChI is InChI=1S/C13H21N3O2/c1-2-4-16(5-6-17)13-8-12(14-10-15-13)11-3-7-18-9-11/h8,10-11,17H,2-7,9H2,1H3. The van der Waals surface area contributed by atoms with Crippen molar-refractivity contribution >= 4 is 5.82 Å². The Hall–Kier alpha value is -1.20. The molecule has 18 heavy (non-hydrogen) atoms. The van der Waals surface area contributed by atoms with Gasteiger partial charge in [-0.15, -0.1) is 0 Å². The normalized spacial score (nSPS) is 19.1. The zero-order chi connectivity index (χ0) is 12.8. The van der Waals surface area contributed by atoms with Gasteiger partial charge in [-0.2, -0.15) is 0 Å². The Morgan fingerprint density at radius 3 is 3.00 bits per heavy atom. The van der Waals surface area contributed by atoms with Crippen LogP contribution in [-0.2, 0) is 4.74 Å². The lowest BCUT2D eigenvalue weighted by atomic mass is 10.0. The third-order valence-electron chi connectivity index (χ3n) is 3.21. The van der Waals surface area contributed by atoms with Gasteiger partial charge in [0.15, 0.2) is 0 Å². The fourth-order valence-corrected chi connectivity index (χ4v) is 2.26. The Labute approximate surface area is 108 Å². The third kappa shape index (κ3) is 3.17. The molecule has 2 rings (SSSR count). The first-order chi connectivity index (χ1) is 8.85. The molecular weight excluding hydrogens is 230 g/mol. The molecule has 1 aliphatic rings. The molecule has 1 aliphatic heterocycles. The van der Waals surface area contributed by atoms with Gasteiger partial charge in [-0.3, -0.25) is 0 Å². The summed E-state index contributed by atoms with van der Waals surface area (Å²) in [5, 5.41) is 9.10. The van der Waals surface area contributed by atoms with Gasteiger partial charge in [0.1, 0.15) is 12.1 Å². The SMILES string of the molecule is CCCN(CCO)c1cc(C2CCOC2)ncn1. The van der Waals surface area contributed by atoms with Crippen LogP contribution in [-0.4, -0.2) is 48.0 Å². The van der Waals surface area contributed by atoms with E-state index >= 15 is 0 Å². The van der Waals surface area contributed by atoms with Crippen LogP contribution in [0.4, 0.5) is 5.82 Å². The second-order valence-electron chi connectivity index (χ2n) is 4.57. The maximum absolute atomic E-state index is 9.10. The molecule has 0 radical (unpaired) electrons. The van der Waals surface area contributed by atoms with Crippen molar-refractivity contribution in [3.05, 3.63) is 18.1 Å². The number of rotatable bonds is 6. The van der Waals surface area contributed by atoms with Gasteiger partial charge in [0.25, 0.3) is 0 Å². The van der Waals surface area contributed by atoms with Crippen LogP contribution in [0.15, 0.2) is 12.4 Å². The predicted molar refractivity (Wildman–Crippen MR) is 69.8 cm³/mol. The van der Waals surface area contributed by atoms with E-state index in [1.807, 2.05) is 6.07 Å². The molecular formula is C13H21N3O2. The van der Waals surface area contributed by atoms with Crippen molar-refractivity contribution in [1.29, 1.82) is 0 Å². The second-order valence-corrected chi connectivity index (χ2v) is 4.57. The number of hydrogen-bond acceptors (Lipinski definition) is 5. The quantitative estimate of drug-likeness (QED) is 0.823. The Morgan fingerprint density at radius 2 is 2.33 bits per heavy atom. The van der Waals surface area contributed by atoms with E-state index in [1.165, 1.54) is 0 Å². The summed E-state index contributed by atoms with van der Waals surface area (Å²) in [6, 6.07) is 2.03. The average molecular weight is 251 g/mol. The fraction of sp³-hybridized carbons (Fsp3) is 0.692. The van der Waals surface area contributed by atoms with Crippen LogP contribution in [0.3, 0.4) is 0 Å². The molecule has 1 aromatic heterocycles. The van der Waals surface area contributed by atoms with Gasteiger partial charge >= 0.3 is 0 Å². The Morgan fingerprint density at radius 1 is 1.44 bits per heavy atom. The first kappa shape index (κ1) is 13.2. The van der Waals surface area contributed by atoms with Crippen LogP contribution in [0.1, 0.15) is 31.4 Å². The van der Waals surface area contributed by atoms with E-state index in [4.69, 9.17) is 9.84 Å². The number of aromatic nitrogens is 2. The third-order valence-corrected chi connectivity index (χ3v) is 3.21. The molecule has 0 aromatic carbocycles. The number of ether oxygens (including phenoxy) is 1. The highest BCUT2D eigenvalue weighted by atomic mass is 16.5. The minimum absolute atomic E-state index is 0.145. The summed E-state index contributed by atoms with van der Waals surface area (Å²) in [5.74, 6) is 1.30. The number of nitrogens with zero attached hydrogens (tertiary/aromatic N) is 3. The summed E-state index contributed by atoms with van der Waals surface area (Å²) in [7, 11) is 0. The van der Waals surface area contributed by atoms with E-state index in [9.17, 15) is 0 Å². The predicted octanol–water partition coefficient (Wildman–Crippen LogP) is 1.19. The van der Waals surface area contributed by atoms with E-state index in [2.05, 4.69) is 21.8 Å². The van der Waals surface area contributed by atoms with Crippen LogP contribution in [0.5, 0.6) is 0 Å². The number of aliphatic hydroxyl groups excluding tert-OH is 1. The largest absolute Gasteiger partial charge is 0.395 e. The zero-order valence-corrected chi connectivity index (χ0v) is 10.9. The monoisotopic (exact) mass is 251 g/mol. The molecule has 5 nitrogen and oxygen atoms in total. The first-order valence-corrected chi connectivity index (χ1v) is 6.60. The maximum atomic E-state index is 9.10. The van der Waals surface area contributed by atoms with Crippen molar-refractivity contribution < 1.29 is 9.84 Å².